The topological polar surface area (TPSA) is 20.3 Å². The fourth-order valence-corrected chi connectivity index (χ4v) is 2.15. The summed E-state index contributed by atoms with van der Waals surface area (Å²) >= 11 is 5.89. The van der Waals surface area contributed by atoms with Gasteiger partial charge in [0.2, 0.25) is 5.91 Å². The van der Waals surface area contributed by atoms with E-state index in [0.29, 0.717) is 5.02 Å². The Bertz CT molecular complexity index is 389. The van der Waals surface area contributed by atoms with Crippen LogP contribution in [0.4, 0.5) is 5.69 Å². The van der Waals surface area contributed by atoms with Crippen molar-refractivity contribution >= 4 is 23.2 Å². The quantitative estimate of drug-likeness (QED) is 0.697. The van der Waals surface area contributed by atoms with Crippen LogP contribution >= 0.6 is 11.6 Å². The smallest absolute Gasteiger partial charge is 0.234 e. The van der Waals surface area contributed by atoms with Gasteiger partial charge in [0.05, 0.1) is 5.92 Å². The Kier molecular flexibility index (Phi) is 2.23. The Morgan fingerprint density at radius 2 is 2.21 bits per heavy atom. The number of anilines is 1. The number of hydrogen-bond donors (Lipinski definition) is 0. The number of halogens is 1. The van der Waals surface area contributed by atoms with Gasteiger partial charge in [-0.3, -0.25) is 4.79 Å². The summed E-state index contributed by atoms with van der Waals surface area (Å²) in [5.41, 5.74) is 2.05. The van der Waals surface area contributed by atoms with Crippen molar-refractivity contribution in [3.63, 3.8) is 0 Å². The molecule has 1 aromatic carbocycles. The minimum Gasteiger partial charge on any atom is -0.315 e. The van der Waals surface area contributed by atoms with Gasteiger partial charge < -0.3 is 4.90 Å². The van der Waals surface area contributed by atoms with Crippen LogP contribution in [0.2, 0.25) is 5.02 Å². The molecule has 0 fully saturated rings. The normalized spacial score (nSPS) is 20.1. The first-order valence-electron chi connectivity index (χ1n) is 4.72. The maximum absolute atomic E-state index is 11.8. The Morgan fingerprint density at radius 3 is 2.86 bits per heavy atom. The fraction of sp³-hybridized carbons (Fsp3) is 0.364. The van der Waals surface area contributed by atoms with Crippen LogP contribution in [0.25, 0.3) is 0 Å². The first kappa shape index (κ1) is 9.53. The Balaban J connectivity index is 2.55. The molecule has 1 atom stereocenters. The molecule has 1 aliphatic rings. The zero-order valence-corrected chi connectivity index (χ0v) is 9.01. The zero-order chi connectivity index (χ0) is 10.3. The number of hydrogen-bond acceptors (Lipinski definition) is 1. The van der Waals surface area contributed by atoms with Gasteiger partial charge in [0.25, 0.3) is 0 Å². The largest absolute Gasteiger partial charge is 0.315 e. The van der Waals surface area contributed by atoms with E-state index < -0.39 is 0 Å². The summed E-state index contributed by atoms with van der Waals surface area (Å²) in [6.07, 6.45) is 0.845. The first-order chi connectivity index (χ1) is 6.65. The van der Waals surface area contributed by atoms with Crippen LogP contribution in [0.3, 0.4) is 0 Å². The summed E-state index contributed by atoms with van der Waals surface area (Å²) < 4.78 is 0. The number of benzene rings is 1. The van der Waals surface area contributed by atoms with Crippen LogP contribution < -0.4 is 4.90 Å². The molecule has 1 heterocycles. The van der Waals surface area contributed by atoms with Crippen LogP contribution in [0.1, 0.15) is 24.8 Å². The van der Waals surface area contributed by atoms with Crippen molar-refractivity contribution in [2.75, 3.05) is 11.9 Å². The molecule has 0 bridgehead atoms. The number of carbonyl (C=O) groups is 1. The van der Waals surface area contributed by atoms with Gasteiger partial charge >= 0.3 is 0 Å². The number of carbonyl (C=O) groups excluding carboxylic acids is 1. The van der Waals surface area contributed by atoms with Gasteiger partial charge in [-0.25, -0.2) is 0 Å². The standard InChI is InChI=1S/C11H12ClNO/c1-3-8-9-5-4-7(12)6-10(9)13(2)11(8)14/h4-6,8H,3H2,1-2H3. The lowest BCUT2D eigenvalue weighted by Gasteiger charge is -2.09. The lowest BCUT2D eigenvalue weighted by atomic mass is 9.98. The third kappa shape index (κ3) is 1.22. The Morgan fingerprint density at radius 1 is 1.50 bits per heavy atom. The lowest BCUT2D eigenvalue weighted by molar-refractivity contribution is -0.119. The van der Waals surface area contributed by atoms with Crippen LogP contribution in [0.5, 0.6) is 0 Å². The monoisotopic (exact) mass is 209 g/mol. The highest BCUT2D eigenvalue weighted by Crippen LogP contribution is 2.39. The van der Waals surface area contributed by atoms with E-state index in [-0.39, 0.29) is 11.8 Å². The van der Waals surface area contributed by atoms with E-state index in [9.17, 15) is 4.79 Å². The first-order valence-corrected chi connectivity index (χ1v) is 5.10. The zero-order valence-electron chi connectivity index (χ0n) is 8.25. The average Bonchev–Trinajstić information content (AvgIpc) is 2.41. The van der Waals surface area contributed by atoms with E-state index >= 15 is 0 Å². The molecule has 0 saturated carbocycles. The third-order valence-electron chi connectivity index (χ3n) is 2.77. The third-order valence-corrected chi connectivity index (χ3v) is 3.00. The predicted molar refractivity (Wildman–Crippen MR) is 57.9 cm³/mol. The molecule has 1 unspecified atom stereocenters. The molecular weight excluding hydrogens is 198 g/mol. The van der Waals surface area contributed by atoms with Crippen molar-refractivity contribution in [2.24, 2.45) is 0 Å². The van der Waals surface area contributed by atoms with E-state index in [1.807, 2.05) is 25.1 Å². The highest BCUT2D eigenvalue weighted by Gasteiger charge is 2.33. The molecule has 0 aliphatic carbocycles. The van der Waals surface area contributed by atoms with Crippen LogP contribution in [-0.2, 0) is 4.79 Å². The molecule has 14 heavy (non-hydrogen) atoms. The number of fused-ring (bicyclic) bond motifs is 1. The van der Waals surface area contributed by atoms with Crippen LogP contribution in [-0.4, -0.2) is 13.0 Å². The van der Waals surface area contributed by atoms with Gasteiger partial charge in [-0.15, -0.1) is 0 Å². The second kappa shape index (κ2) is 3.28. The summed E-state index contributed by atoms with van der Waals surface area (Å²) in [5.74, 6) is 0.192. The highest BCUT2D eigenvalue weighted by atomic mass is 35.5. The molecule has 2 nitrogen and oxygen atoms in total. The summed E-state index contributed by atoms with van der Waals surface area (Å²) in [5, 5.41) is 0.681. The maximum atomic E-state index is 11.8. The maximum Gasteiger partial charge on any atom is 0.234 e. The minimum atomic E-state index is 0.0206. The van der Waals surface area contributed by atoms with Crippen molar-refractivity contribution in [2.45, 2.75) is 19.3 Å². The molecule has 74 valence electrons. The molecule has 0 aromatic heterocycles. The SMILES string of the molecule is CCC1C(=O)N(C)c2cc(Cl)ccc21. The van der Waals surface area contributed by atoms with Crippen molar-refractivity contribution < 1.29 is 4.79 Å². The highest BCUT2D eigenvalue weighted by molar-refractivity contribution is 6.31. The molecule has 2 rings (SSSR count). The van der Waals surface area contributed by atoms with E-state index in [1.54, 1.807) is 11.9 Å². The molecule has 1 aromatic rings. The summed E-state index contributed by atoms with van der Waals surface area (Å²) in [4.78, 5) is 13.5. The van der Waals surface area contributed by atoms with Crippen molar-refractivity contribution in [3.8, 4) is 0 Å². The van der Waals surface area contributed by atoms with E-state index in [2.05, 4.69) is 0 Å². The number of amides is 1. The summed E-state index contributed by atoms with van der Waals surface area (Å²) in [6.45, 7) is 2.03. The molecule has 0 N–H and O–H groups in total. The van der Waals surface area contributed by atoms with Gasteiger partial charge in [-0.2, -0.15) is 0 Å². The molecular formula is C11H12ClNO. The number of likely N-dealkylation sites (N-methyl/N-ethyl adjacent to an activating group) is 1. The predicted octanol–water partition coefficient (Wildman–Crippen LogP) is 2.81. The van der Waals surface area contributed by atoms with Crippen molar-refractivity contribution in [3.05, 3.63) is 28.8 Å². The second-order valence-corrected chi connectivity index (χ2v) is 4.00. The van der Waals surface area contributed by atoms with Crippen LogP contribution in [0, 0.1) is 0 Å². The second-order valence-electron chi connectivity index (χ2n) is 3.56. The Labute approximate surface area is 88.5 Å². The van der Waals surface area contributed by atoms with Gasteiger partial charge in [0, 0.05) is 17.8 Å². The van der Waals surface area contributed by atoms with Crippen molar-refractivity contribution in [1.82, 2.24) is 0 Å². The van der Waals surface area contributed by atoms with Gasteiger partial charge in [-0.05, 0) is 24.1 Å². The van der Waals surface area contributed by atoms with Crippen LogP contribution in [0.15, 0.2) is 18.2 Å². The molecule has 3 heteroatoms. The van der Waals surface area contributed by atoms with Gasteiger partial charge in [-0.1, -0.05) is 24.6 Å². The van der Waals surface area contributed by atoms with Crippen molar-refractivity contribution in [1.29, 1.82) is 0 Å². The molecule has 0 saturated heterocycles. The summed E-state index contributed by atoms with van der Waals surface area (Å²) in [7, 11) is 1.80. The fourth-order valence-electron chi connectivity index (χ4n) is 1.98. The summed E-state index contributed by atoms with van der Waals surface area (Å²) in [6, 6.07) is 5.65. The van der Waals surface area contributed by atoms with E-state index in [4.69, 9.17) is 11.6 Å². The molecule has 1 aliphatic heterocycles. The molecule has 0 spiro atoms. The number of rotatable bonds is 1. The lowest BCUT2D eigenvalue weighted by Crippen LogP contribution is -2.23. The van der Waals surface area contributed by atoms with Gasteiger partial charge in [0.15, 0.2) is 0 Å². The molecule has 1 amide bonds. The Hall–Kier alpha value is -1.02. The van der Waals surface area contributed by atoms with E-state index in [0.717, 1.165) is 17.7 Å². The number of nitrogens with zero attached hydrogens (tertiary/aromatic N) is 1. The minimum absolute atomic E-state index is 0.0206. The average molecular weight is 210 g/mol. The van der Waals surface area contributed by atoms with Gasteiger partial charge in [0.1, 0.15) is 0 Å². The molecule has 0 radical (unpaired) electrons. The van der Waals surface area contributed by atoms with E-state index in [1.165, 1.54) is 0 Å².